The van der Waals surface area contributed by atoms with Gasteiger partial charge >= 0.3 is 12.0 Å². The second-order valence-corrected chi connectivity index (χ2v) is 5.56. The van der Waals surface area contributed by atoms with Crippen LogP contribution in [0.1, 0.15) is 32.1 Å². The molecule has 1 aliphatic heterocycles. The van der Waals surface area contributed by atoms with Crippen LogP contribution in [0.2, 0.25) is 0 Å². The summed E-state index contributed by atoms with van der Waals surface area (Å²) < 4.78 is 0. The van der Waals surface area contributed by atoms with E-state index in [1.165, 1.54) is 0 Å². The van der Waals surface area contributed by atoms with E-state index in [4.69, 9.17) is 0 Å². The average molecular weight is 297 g/mol. The minimum absolute atomic E-state index is 0.0326. The molecule has 3 N–H and O–H groups in total. The highest BCUT2D eigenvalue weighted by molar-refractivity contribution is 6.04. The van der Waals surface area contributed by atoms with E-state index in [9.17, 15) is 24.3 Å². The van der Waals surface area contributed by atoms with Crippen LogP contribution in [0, 0.1) is 5.41 Å². The number of nitrogens with one attached hydrogen (secondary N) is 2. The van der Waals surface area contributed by atoms with Crippen LogP contribution in [0.5, 0.6) is 0 Å². The molecule has 1 aliphatic carbocycles. The Balaban J connectivity index is 1.89. The number of aliphatic carboxylic acids is 1. The third-order valence-electron chi connectivity index (χ3n) is 4.13. The highest BCUT2D eigenvalue weighted by Crippen LogP contribution is 2.35. The van der Waals surface area contributed by atoms with E-state index in [0.717, 1.165) is 24.2 Å². The molecule has 0 aromatic rings. The zero-order valence-electron chi connectivity index (χ0n) is 11.7. The van der Waals surface area contributed by atoms with Crippen LogP contribution >= 0.6 is 0 Å². The summed E-state index contributed by atoms with van der Waals surface area (Å²) in [5, 5.41) is 14.3. The zero-order valence-corrected chi connectivity index (χ0v) is 11.7. The van der Waals surface area contributed by atoms with Crippen molar-refractivity contribution in [1.82, 2.24) is 15.5 Å². The van der Waals surface area contributed by atoms with E-state index in [1.54, 1.807) is 0 Å². The molecule has 0 atom stereocenters. The fourth-order valence-corrected chi connectivity index (χ4v) is 2.78. The van der Waals surface area contributed by atoms with Gasteiger partial charge in [-0.3, -0.25) is 19.3 Å². The minimum atomic E-state index is -0.925. The average Bonchev–Trinajstić information content (AvgIpc) is 2.78. The Morgan fingerprint density at radius 3 is 2.43 bits per heavy atom. The van der Waals surface area contributed by atoms with Gasteiger partial charge in [0, 0.05) is 6.54 Å². The van der Waals surface area contributed by atoms with Crippen LogP contribution in [0.25, 0.3) is 0 Å². The van der Waals surface area contributed by atoms with Crippen LogP contribution in [0.4, 0.5) is 4.79 Å². The standard InChI is InChI=1S/C13H19N3O5/c17-9(7-16-10(18)6-14-12(16)21)15-8-13(11(19)20)4-2-1-3-5-13/h1-8H2,(H,14,21)(H,15,17)(H,19,20). The van der Waals surface area contributed by atoms with Gasteiger partial charge < -0.3 is 15.7 Å². The molecule has 1 saturated heterocycles. The van der Waals surface area contributed by atoms with E-state index in [-0.39, 0.29) is 19.6 Å². The molecule has 21 heavy (non-hydrogen) atoms. The monoisotopic (exact) mass is 297 g/mol. The summed E-state index contributed by atoms with van der Waals surface area (Å²) in [6.45, 7) is -0.448. The van der Waals surface area contributed by atoms with Crippen molar-refractivity contribution in [3.63, 3.8) is 0 Å². The molecule has 0 radical (unpaired) electrons. The maximum absolute atomic E-state index is 11.8. The molecule has 2 rings (SSSR count). The van der Waals surface area contributed by atoms with E-state index in [2.05, 4.69) is 10.6 Å². The van der Waals surface area contributed by atoms with Crippen LogP contribution < -0.4 is 10.6 Å². The van der Waals surface area contributed by atoms with Crippen LogP contribution in [-0.4, -0.2) is 53.5 Å². The first-order valence-electron chi connectivity index (χ1n) is 7.03. The number of amides is 4. The number of rotatable bonds is 5. The predicted octanol–water partition coefficient (Wildman–Crippen LogP) is -0.311. The van der Waals surface area contributed by atoms with Gasteiger partial charge in [0.25, 0.3) is 5.91 Å². The molecule has 2 fully saturated rings. The molecular formula is C13H19N3O5. The first-order chi connectivity index (χ1) is 9.94. The van der Waals surface area contributed by atoms with Gasteiger partial charge in [0.15, 0.2) is 0 Å². The number of imide groups is 1. The quantitative estimate of drug-likeness (QED) is 0.602. The van der Waals surface area contributed by atoms with Crippen LogP contribution in [-0.2, 0) is 14.4 Å². The largest absolute Gasteiger partial charge is 0.481 e. The van der Waals surface area contributed by atoms with E-state index in [1.807, 2.05) is 0 Å². The lowest BCUT2D eigenvalue weighted by Crippen LogP contribution is -2.47. The van der Waals surface area contributed by atoms with E-state index in [0.29, 0.717) is 12.8 Å². The van der Waals surface area contributed by atoms with Crippen molar-refractivity contribution in [1.29, 1.82) is 0 Å². The number of carboxylic acids is 1. The summed E-state index contributed by atoms with van der Waals surface area (Å²) in [6, 6.07) is -0.597. The third-order valence-corrected chi connectivity index (χ3v) is 4.13. The number of hydrogen-bond donors (Lipinski definition) is 3. The second-order valence-electron chi connectivity index (χ2n) is 5.56. The number of carbonyl (C=O) groups is 4. The lowest BCUT2D eigenvalue weighted by molar-refractivity contribution is -0.151. The summed E-state index contributed by atoms with van der Waals surface area (Å²) in [5.74, 6) is -1.88. The highest BCUT2D eigenvalue weighted by Gasteiger charge is 2.40. The molecular weight excluding hydrogens is 278 g/mol. The summed E-state index contributed by atoms with van der Waals surface area (Å²) in [4.78, 5) is 46.8. The molecule has 4 amide bonds. The van der Waals surface area contributed by atoms with Gasteiger partial charge in [0.05, 0.1) is 12.0 Å². The van der Waals surface area contributed by atoms with Gasteiger partial charge in [-0.05, 0) is 12.8 Å². The predicted molar refractivity (Wildman–Crippen MR) is 71.3 cm³/mol. The first-order valence-corrected chi connectivity index (χ1v) is 7.03. The number of nitrogens with zero attached hydrogens (tertiary/aromatic N) is 1. The maximum atomic E-state index is 11.8. The minimum Gasteiger partial charge on any atom is -0.481 e. The fourth-order valence-electron chi connectivity index (χ4n) is 2.78. The summed E-state index contributed by atoms with van der Waals surface area (Å²) in [5.41, 5.74) is -0.925. The second kappa shape index (κ2) is 6.11. The molecule has 0 aromatic carbocycles. The Kier molecular flexibility index (Phi) is 4.44. The smallest absolute Gasteiger partial charge is 0.325 e. The van der Waals surface area contributed by atoms with Gasteiger partial charge in [-0.15, -0.1) is 0 Å². The summed E-state index contributed by atoms with van der Waals surface area (Å²) in [7, 11) is 0. The van der Waals surface area contributed by atoms with Crippen molar-refractivity contribution in [2.45, 2.75) is 32.1 Å². The highest BCUT2D eigenvalue weighted by atomic mass is 16.4. The van der Waals surface area contributed by atoms with Gasteiger partial charge in [-0.1, -0.05) is 19.3 Å². The molecule has 0 spiro atoms. The lowest BCUT2D eigenvalue weighted by atomic mass is 9.74. The Bertz CT molecular complexity index is 454. The first kappa shape index (κ1) is 15.3. The molecule has 0 unspecified atom stereocenters. The zero-order chi connectivity index (χ0) is 15.5. The number of urea groups is 1. The van der Waals surface area contributed by atoms with Crippen molar-refractivity contribution < 1.29 is 24.3 Å². The Morgan fingerprint density at radius 1 is 1.24 bits per heavy atom. The fraction of sp³-hybridized carbons (Fsp3) is 0.692. The Morgan fingerprint density at radius 2 is 1.90 bits per heavy atom. The van der Waals surface area contributed by atoms with Crippen molar-refractivity contribution >= 4 is 23.8 Å². The maximum Gasteiger partial charge on any atom is 0.325 e. The molecule has 8 nitrogen and oxygen atoms in total. The summed E-state index contributed by atoms with van der Waals surface area (Å²) >= 11 is 0. The molecule has 0 aromatic heterocycles. The molecule has 2 aliphatic rings. The summed E-state index contributed by atoms with van der Waals surface area (Å²) in [6.07, 6.45) is 3.73. The Hall–Kier alpha value is -2.12. The molecule has 8 heteroatoms. The normalized spacial score (nSPS) is 21.0. The van der Waals surface area contributed by atoms with E-state index < -0.39 is 29.2 Å². The SMILES string of the molecule is O=C(CN1C(=O)CNC1=O)NCC1(C(=O)O)CCCCC1. The van der Waals surface area contributed by atoms with Gasteiger partial charge in [-0.2, -0.15) is 0 Å². The molecule has 0 bridgehead atoms. The molecule has 1 heterocycles. The van der Waals surface area contributed by atoms with Crippen LogP contribution in [0.15, 0.2) is 0 Å². The molecule has 116 valence electrons. The van der Waals surface area contributed by atoms with Crippen molar-refractivity contribution in [2.24, 2.45) is 5.41 Å². The number of hydrogen-bond acceptors (Lipinski definition) is 4. The third kappa shape index (κ3) is 3.32. The topological polar surface area (TPSA) is 116 Å². The van der Waals surface area contributed by atoms with Crippen molar-refractivity contribution in [2.75, 3.05) is 19.6 Å². The van der Waals surface area contributed by atoms with Crippen molar-refractivity contribution in [3.05, 3.63) is 0 Å². The Labute approximate surface area is 121 Å². The van der Waals surface area contributed by atoms with Gasteiger partial charge in [0.2, 0.25) is 5.91 Å². The van der Waals surface area contributed by atoms with E-state index >= 15 is 0 Å². The van der Waals surface area contributed by atoms with Crippen LogP contribution in [0.3, 0.4) is 0 Å². The lowest BCUT2D eigenvalue weighted by Gasteiger charge is -2.33. The number of carbonyl (C=O) groups excluding carboxylic acids is 3. The number of carboxylic acid groups (broad SMARTS) is 1. The van der Waals surface area contributed by atoms with Gasteiger partial charge in [-0.25, -0.2) is 4.79 Å². The molecule has 1 saturated carbocycles. The van der Waals surface area contributed by atoms with Crippen molar-refractivity contribution in [3.8, 4) is 0 Å². The van der Waals surface area contributed by atoms with Gasteiger partial charge in [0.1, 0.15) is 6.54 Å².